The van der Waals surface area contributed by atoms with Gasteiger partial charge in [-0.2, -0.15) is 0 Å². The molecule has 110 valence electrons. The summed E-state index contributed by atoms with van der Waals surface area (Å²) in [6.45, 7) is 0.580. The molecule has 2 aromatic carbocycles. The van der Waals surface area contributed by atoms with Crippen LogP contribution in [0.15, 0.2) is 42.5 Å². The molecule has 0 radical (unpaired) electrons. The Balaban J connectivity index is 2.04. The third-order valence-electron chi connectivity index (χ3n) is 4.03. The summed E-state index contributed by atoms with van der Waals surface area (Å²) in [5, 5.41) is 3.13. The number of halogens is 2. The predicted octanol–water partition coefficient (Wildman–Crippen LogP) is 3.79. The average molecular weight is 289 g/mol. The molecule has 4 heteroatoms. The standard InChI is InChI=1S/C17H17F2NO/c1-20-17(13-6-4-7-14(18)16(13)19)12-9-10-21-15-8-3-2-5-11(12)15/h2-8,12,17,20H,9-10H2,1H3. The van der Waals surface area contributed by atoms with Gasteiger partial charge in [-0.15, -0.1) is 0 Å². The van der Waals surface area contributed by atoms with Crippen LogP contribution in [0.5, 0.6) is 5.75 Å². The van der Waals surface area contributed by atoms with Gasteiger partial charge in [-0.1, -0.05) is 30.3 Å². The van der Waals surface area contributed by atoms with Gasteiger partial charge in [0.25, 0.3) is 0 Å². The molecule has 0 fully saturated rings. The zero-order chi connectivity index (χ0) is 14.8. The fourth-order valence-electron chi connectivity index (χ4n) is 3.05. The van der Waals surface area contributed by atoms with Crippen LogP contribution in [0.4, 0.5) is 8.78 Å². The lowest BCUT2D eigenvalue weighted by Gasteiger charge is -2.32. The van der Waals surface area contributed by atoms with Crippen molar-refractivity contribution in [2.24, 2.45) is 0 Å². The van der Waals surface area contributed by atoms with Crippen LogP contribution in [0, 0.1) is 11.6 Å². The second-order valence-electron chi connectivity index (χ2n) is 5.19. The number of likely N-dealkylation sites (N-methyl/N-ethyl adjacent to an activating group) is 1. The third kappa shape index (κ3) is 2.51. The average Bonchev–Trinajstić information content (AvgIpc) is 2.52. The summed E-state index contributed by atoms with van der Waals surface area (Å²) in [6.07, 6.45) is 0.762. The van der Waals surface area contributed by atoms with E-state index in [1.54, 1.807) is 19.2 Å². The van der Waals surface area contributed by atoms with Crippen molar-refractivity contribution in [1.29, 1.82) is 0 Å². The molecule has 0 saturated carbocycles. The van der Waals surface area contributed by atoms with E-state index in [0.29, 0.717) is 12.2 Å². The number of benzene rings is 2. The van der Waals surface area contributed by atoms with E-state index in [9.17, 15) is 8.78 Å². The molecule has 0 aliphatic carbocycles. The Labute approximate surface area is 122 Å². The number of hydrogen-bond acceptors (Lipinski definition) is 2. The number of fused-ring (bicyclic) bond motifs is 1. The second kappa shape index (κ2) is 5.82. The minimum Gasteiger partial charge on any atom is -0.493 e. The SMILES string of the molecule is CNC(c1cccc(F)c1F)C1CCOc2ccccc21. The summed E-state index contributed by atoms with van der Waals surface area (Å²) in [4.78, 5) is 0. The molecule has 0 spiro atoms. The molecule has 2 nitrogen and oxygen atoms in total. The Morgan fingerprint density at radius 1 is 1.14 bits per heavy atom. The van der Waals surface area contributed by atoms with Gasteiger partial charge in [-0.25, -0.2) is 8.78 Å². The van der Waals surface area contributed by atoms with E-state index in [2.05, 4.69) is 5.32 Å². The maximum absolute atomic E-state index is 14.1. The summed E-state index contributed by atoms with van der Waals surface area (Å²) < 4.78 is 33.3. The monoisotopic (exact) mass is 289 g/mol. The van der Waals surface area contributed by atoms with E-state index < -0.39 is 11.6 Å². The molecule has 0 bridgehead atoms. The molecule has 0 saturated heterocycles. The number of hydrogen-bond donors (Lipinski definition) is 1. The molecule has 2 aromatic rings. The number of ether oxygens (including phenoxy) is 1. The Hall–Kier alpha value is -1.94. The van der Waals surface area contributed by atoms with E-state index in [1.165, 1.54) is 0 Å². The minimum absolute atomic E-state index is 0.0521. The van der Waals surface area contributed by atoms with E-state index in [0.717, 1.165) is 23.8 Å². The van der Waals surface area contributed by atoms with Crippen molar-refractivity contribution in [3.8, 4) is 5.75 Å². The minimum atomic E-state index is -0.812. The highest BCUT2D eigenvalue weighted by atomic mass is 19.2. The summed E-state index contributed by atoms with van der Waals surface area (Å²) in [6, 6.07) is 11.8. The van der Waals surface area contributed by atoms with Gasteiger partial charge in [0.1, 0.15) is 5.75 Å². The van der Waals surface area contributed by atoms with Gasteiger partial charge in [-0.05, 0) is 31.2 Å². The number of rotatable bonds is 3. The van der Waals surface area contributed by atoms with Crippen molar-refractivity contribution in [1.82, 2.24) is 5.32 Å². The summed E-state index contributed by atoms with van der Waals surface area (Å²) in [5.41, 5.74) is 1.39. The van der Waals surface area contributed by atoms with Gasteiger partial charge < -0.3 is 10.1 Å². The summed E-state index contributed by atoms with van der Waals surface area (Å²) in [7, 11) is 1.77. The highest BCUT2D eigenvalue weighted by Gasteiger charge is 2.31. The summed E-state index contributed by atoms with van der Waals surface area (Å²) >= 11 is 0. The van der Waals surface area contributed by atoms with E-state index in [4.69, 9.17) is 4.74 Å². The predicted molar refractivity (Wildman–Crippen MR) is 77.5 cm³/mol. The van der Waals surface area contributed by atoms with Gasteiger partial charge in [-0.3, -0.25) is 0 Å². The van der Waals surface area contributed by atoms with Crippen LogP contribution in [0.1, 0.15) is 29.5 Å². The van der Waals surface area contributed by atoms with E-state index in [-0.39, 0.29) is 12.0 Å². The Kier molecular flexibility index (Phi) is 3.88. The third-order valence-corrected chi connectivity index (χ3v) is 4.03. The molecule has 1 aliphatic heterocycles. The molecule has 21 heavy (non-hydrogen) atoms. The van der Waals surface area contributed by atoms with Crippen molar-refractivity contribution < 1.29 is 13.5 Å². The summed E-state index contributed by atoms with van der Waals surface area (Å²) in [5.74, 6) is -0.712. The molecular weight excluding hydrogens is 272 g/mol. The number of nitrogens with one attached hydrogen (secondary N) is 1. The first-order valence-corrected chi connectivity index (χ1v) is 7.05. The van der Waals surface area contributed by atoms with Gasteiger partial charge in [0.15, 0.2) is 11.6 Å². The van der Waals surface area contributed by atoms with Crippen LogP contribution in [0.3, 0.4) is 0 Å². The molecule has 1 N–H and O–H groups in total. The highest BCUT2D eigenvalue weighted by Crippen LogP contribution is 2.41. The molecule has 0 amide bonds. The van der Waals surface area contributed by atoms with Crippen LogP contribution in [0.2, 0.25) is 0 Å². The Morgan fingerprint density at radius 3 is 2.76 bits per heavy atom. The van der Waals surface area contributed by atoms with Gasteiger partial charge in [0.05, 0.1) is 6.61 Å². The quantitative estimate of drug-likeness (QED) is 0.928. The number of para-hydroxylation sites is 1. The van der Waals surface area contributed by atoms with Gasteiger partial charge in [0.2, 0.25) is 0 Å². The van der Waals surface area contributed by atoms with Crippen molar-refractivity contribution in [2.75, 3.05) is 13.7 Å². The van der Waals surface area contributed by atoms with Gasteiger partial charge >= 0.3 is 0 Å². The van der Waals surface area contributed by atoms with Crippen LogP contribution < -0.4 is 10.1 Å². The molecular formula is C17H17F2NO. The topological polar surface area (TPSA) is 21.3 Å². The second-order valence-corrected chi connectivity index (χ2v) is 5.19. The lowest BCUT2D eigenvalue weighted by molar-refractivity contribution is 0.247. The first kappa shape index (κ1) is 14.0. The molecule has 2 unspecified atom stereocenters. The Morgan fingerprint density at radius 2 is 1.95 bits per heavy atom. The normalized spacial score (nSPS) is 18.7. The maximum Gasteiger partial charge on any atom is 0.163 e. The van der Waals surface area contributed by atoms with Crippen LogP contribution in [-0.4, -0.2) is 13.7 Å². The van der Waals surface area contributed by atoms with E-state index >= 15 is 0 Å². The van der Waals surface area contributed by atoms with Crippen LogP contribution in [0.25, 0.3) is 0 Å². The lowest BCUT2D eigenvalue weighted by Crippen LogP contribution is -2.29. The van der Waals surface area contributed by atoms with Crippen molar-refractivity contribution in [2.45, 2.75) is 18.4 Å². The van der Waals surface area contributed by atoms with Crippen molar-refractivity contribution in [3.63, 3.8) is 0 Å². The Bertz CT molecular complexity index is 644. The fraction of sp³-hybridized carbons (Fsp3) is 0.294. The molecule has 0 aromatic heterocycles. The molecule has 2 atom stereocenters. The van der Waals surface area contributed by atoms with Gasteiger partial charge in [0, 0.05) is 17.5 Å². The highest BCUT2D eigenvalue weighted by molar-refractivity contribution is 5.40. The zero-order valence-corrected chi connectivity index (χ0v) is 11.8. The largest absolute Gasteiger partial charge is 0.493 e. The van der Waals surface area contributed by atoms with Crippen molar-refractivity contribution in [3.05, 3.63) is 65.2 Å². The molecule has 3 rings (SSSR count). The maximum atomic E-state index is 14.1. The van der Waals surface area contributed by atoms with Crippen LogP contribution >= 0.6 is 0 Å². The van der Waals surface area contributed by atoms with Crippen molar-refractivity contribution >= 4 is 0 Å². The van der Waals surface area contributed by atoms with E-state index in [1.807, 2.05) is 24.3 Å². The molecule has 1 heterocycles. The smallest absolute Gasteiger partial charge is 0.163 e. The first-order chi connectivity index (χ1) is 10.2. The molecule has 1 aliphatic rings. The fourth-order valence-corrected chi connectivity index (χ4v) is 3.05. The lowest BCUT2D eigenvalue weighted by atomic mass is 9.83. The zero-order valence-electron chi connectivity index (χ0n) is 11.8. The van der Waals surface area contributed by atoms with Crippen LogP contribution in [-0.2, 0) is 0 Å². The first-order valence-electron chi connectivity index (χ1n) is 7.05.